The Hall–Kier alpha value is -4.53. The first-order valence-corrected chi connectivity index (χ1v) is 17.0. The lowest BCUT2D eigenvalue weighted by Gasteiger charge is -2.34. The number of hydrogen-bond donors (Lipinski definition) is 3. The topological polar surface area (TPSA) is 142 Å². The number of nitrogens with one attached hydrogen (secondary N) is 2. The number of piperazine rings is 1. The molecule has 0 saturated carbocycles. The highest BCUT2D eigenvalue weighted by molar-refractivity contribution is 5.80. The van der Waals surface area contributed by atoms with E-state index in [0.29, 0.717) is 13.0 Å². The fourth-order valence-electron chi connectivity index (χ4n) is 5.53. The summed E-state index contributed by atoms with van der Waals surface area (Å²) < 4.78 is 16.4. The van der Waals surface area contributed by atoms with Gasteiger partial charge in [-0.2, -0.15) is 5.06 Å². The molecule has 3 amide bonds. The van der Waals surface area contributed by atoms with Crippen molar-refractivity contribution in [3.8, 4) is 16.9 Å². The first kappa shape index (κ1) is 38.3. The molecule has 0 bridgehead atoms. The van der Waals surface area contributed by atoms with E-state index in [2.05, 4.69) is 10.2 Å². The summed E-state index contributed by atoms with van der Waals surface area (Å²) >= 11 is 0. The van der Waals surface area contributed by atoms with E-state index < -0.39 is 18.0 Å². The predicted molar refractivity (Wildman–Crippen MR) is 187 cm³/mol. The van der Waals surface area contributed by atoms with Crippen LogP contribution in [0.5, 0.6) is 5.75 Å². The van der Waals surface area contributed by atoms with Crippen LogP contribution in [-0.4, -0.2) is 110 Å². The maximum absolute atomic E-state index is 12.9. The third-order valence-corrected chi connectivity index (χ3v) is 8.44. The molecule has 4 rings (SSSR count). The van der Waals surface area contributed by atoms with Crippen molar-refractivity contribution < 1.29 is 38.6 Å². The molecule has 50 heavy (non-hydrogen) atoms. The number of carbonyl (C=O) groups is 3. The first-order valence-electron chi connectivity index (χ1n) is 17.0. The average molecular weight is 692 g/mol. The van der Waals surface area contributed by atoms with Gasteiger partial charge < -0.3 is 24.4 Å². The summed E-state index contributed by atoms with van der Waals surface area (Å²) in [6.07, 6.45) is 0.0307. The molecular weight excluding hydrogens is 642 g/mol. The van der Waals surface area contributed by atoms with E-state index in [9.17, 15) is 19.6 Å². The van der Waals surface area contributed by atoms with Crippen molar-refractivity contribution in [2.24, 2.45) is 0 Å². The van der Waals surface area contributed by atoms with Gasteiger partial charge in [0.1, 0.15) is 18.4 Å². The highest BCUT2D eigenvalue weighted by atomic mass is 16.7. The summed E-state index contributed by atoms with van der Waals surface area (Å²) in [5, 5.41) is 13.8. The maximum Gasteiger partial charge on any atom is 0.407 e. The lowest BCUT2D eigenvalue weighted by molar-refractivity contribution is -0.207. The Kier molecular flexibility index (Phi) is 16.0. The number of hydroxylamine groups is 3. The zero-order chi connectivity index (χ0) is 35.6. The van der Waals surface area contributed by atoms with E-state index in [1.807, 2.05) is 90.7 Å². The van der Waals surface area contributed by atoms with Crippen LogP contribution < -0.4 is 15.5 Å². The van der Waals surface area contributed by atoms with E-state index >= 15 is 0 Å². The van der Waals surface area contributed by atoms with Crippen LogP contribution in [0.3, 0.4) is 0 Å². The third kappa shape index (κ3) is 12.4. The van der Waals surface area contributed by atoms with E-state index in [-0.39, 0.29) is 45.2 Å². The van der Waals surface area contributed by atoms with Crippen LogP contribution in [0.1, 0.15) is 30.9 Å². The molecule has 13 heteroatoms. The van der Waals surface area contributed by atoms with Gasteiger partial charge in [0.05, 0.1) is 26.9 Å². The zero-order valence-corrected chi connectivity index (χ0v) is 28.9. The van der Waals surface area contributed by atoms with Crippen LogP contribution in [0.4, 0.5) is 4.79 Å². The Morgan fingerprint density at radius 2 is 1.54 bits per heavy atom. The second kappa shape index (κ2) is 20.9. The van der Waals surface area contributed by atoms with Crippen molar-refractivity contribution >= 4 is 17.9 Å². The van der Waals surface area contributed by atoms with E-state index in [4.69, 9.17) is 19.0 Å². The molecule has 1 aliphatic rings. The van der Waals surface area contributed by atoms with Crippen LogP contribution in [0.15, 0.2) is 78.9 Å². The van der Waals surface area contributed by atoms with Gasteiger partial charge in [-0.15, -0.1) is 0 Å². The summed E-state index contributed by atoms with van der Waals surface area (Å²) in [7, 11) is 1.63. The molecule has 1 atom stereocenters. The number of alkyl carbamates (subject to hydrolysis) is 1. The van der Waals surface area contributed by atoms with Crippen LogP contribution in [0.2, 0.25) is 0 Å². The van der Waals surface area contributed by atoms with Crippen molar-refractivity contribution in [2.45, 2.75) is 39.0 Å². The van der Waals surface area contributed by atoms with Gasteiger partial charge in [0.25, 0.3) is 5.91 Å². The van der Waals surface area contributed by atoms with Crippen LogP contribution in [0.25, 0.3) is 11.1 Å². The lowest BCUT2D eigenvalue weighted by Crippen LogP contribution is -2.49. The Morgan fingerprint density at radius 1 is 0.860 bits per heavy atom. The predicted octanol–water partition coefficient (Wildman–Crippen LogP) is 3.86. The van der Waals surface area contributed by atoms with E-state index in [1.54, 1.807) is 12.6 Å². The van der Waals surface area contributed by atoms with Gasteiger partial charge >= 0.3 is 6.09 Å². The van der Waals surface area contributed by atoms with Gasteiger partial charge in [-0.25, -0.2) is 10.3 Å². The number of methoxy groups -OCH3 is 1. The molecule has 1 aliphatic heterocycles. The minimum Gasteiger partial charge on any atom is -0.497 e. The minimum atomic E-state index is -0.946. The number of hydrogen-bond acceptors (Lipinski definition) is 10. The van der Waals surface area contributed by atoms with Crippen LogP contribution in [0, 0.1) is 0 Å². The van der Waals surface area contributed by atoms with E-state index in [0.717, 1.165) is 60.7 Å². The summed E-state index contributed by atoms with van der Waals surface area (Å²) in [5.41, 5.74) is 5.51. The largest absolute Gasteiger partial charge is 0.497 e. The molecule has 3 aromatic rings. The number of ether oxygens (including phenoxy) is 3. The average Bonchev–Trinajstić information content (AvgIpc) is 3.17. The second-order valence-corrected chi connectivity index (χ2v) is 11.8. The van der Waals surface area contributed by atoms with Gasteiger partial charge in [0.2, 0.25) is 5.91 Å². The number of amides is 3. The number of nitrogens with zero attached hydrogens (tertiary/aromatic N) is 3. The highest BCUT2D eigenvalue weighted by Crippen LogP contribution is 2.23. The monoisotopic (exact) mass is 691 g/mol. The summed E-state index contributed by atoms with van der Waals surface area (Å²) in [6, 6.07) is 24.0. The molecule has 1 saturated heterocycles. The molecule has 270 valence electrons. The zero-order valence-electron chi connectivity index (χ0n) is 28.9. The molecular formula is C37H49N5O8. The summed E-state index contributed by atoms with van der Waals surface area (Å²) in [6.45, 7) is 7.03. The third-order valence-electron chi connectivity index (χ3n) is 8.44. The van der Waals surface area contributed by atoms with Crippen LogP contribution >= 0.6 is 0 Å². The number of rotatable bonds is 19. The lowest BCUT2D eigenvalue weighted by atomic mass is 10.0. The van der Waals surface area contributed by atoms with Gasteiger partial charge in [0.15, 0.2) is 0 Å². The van der Waals surface area contributed by atoms with Gasteiger partial charge in [-0.1, -0.05) is 73.7 Å². The molecule has 0 unspecified atom stereocenters. The Bertz CT molecular complexity index is 1450. The first-order chi connectivity index (χ1) is 24.4. The normalized spacial score (nSPS) is 13.9. The van der Waals surface area contributed by atoms with E-state index in [1.165, 1.54) is 5.06 Å². The number of benzene rings is 3. The molecule has 1 fully saturated rings. The van der Waals surface area contributed by atoms with Crippen molar-refractivity contribution in [3.05, 3.63) is 90.0 Å². The maximum atomic E-state index is 12.9. The summed E-state index contributed by atoms with van der Waals surface area (Å²) in [5.74, 6) is 0.279. The fourth-order valence-corrected chi connectivity index (χ4v) is 5.53. The van der Waals surface area contributed by atoms with Crippen molar-refractivity contribution in [1.29, 1.82) is 0 Å². The van der Waals surface area contributed by atoms with Gasteiger partial charge in [-0.05, 0) is 40.8 Å². The molecule has 0 aromatic heterocycles. The molecule has 1 heterocycles. The SMILES string of the molecule is CCC(=O)N1CCN(CCOCCON(Cc2ccc(-c3ccc(OC)cc3)cc2)[C@H](CCNC(=O)OCc2ccccc2)C(=O)NO)CC1. The summed E-state index contributed by atoms with van der Waals surface area (Å²) in [4.78, 5) is 47.5. The Morgan fingerprint density at radius 3 is 2.18 bits per heavy atom. The molecule has 0 aliphatic carbocycles. The standard InChI is InChI=1S/C37H49N5O8/c1-3-35(43)41-21-19-40(20-22-41)23-24-48-25-26-50-42(27-29-9-11-31(12-10-29)32-13-15-33(47-2)16-14-32)34(36(44)39-46)17-18-38-37(45)49-28-30-7-5-4-6-8-30/h4-16,34,46H,3,17-28H2,1-2H3,(H,38,45)(H,39,44)/t34-/m1/s1. The van der Waals surface area contributed by atoms with Gasteiger partial charge in [0, 0.05) is 52.2 Å². The molecule has 3 N–H and O–H groups in total. The number of carbonyl (C=O) groups excluding carboxylic acids is 3. The smallest absolute Gasteiger partial charge is 0.407 e. The Balaban J connectivity index is 1.32. The molecule has 0 spiro atoms. The molecule has 0 radical (unpaired) electrons. The van der Waals surface area contributed by atoms with Gasteiger partial charge in [-0.3, -0.25) is 24.5 Å². The van der Waals surface area contributed by atoms with Crippen molar-refractivity contribution in [2.75, 3.05) is 66.2 Å². The quantitative estimate of drug-likeness (QED) is 0.0964. The fraction of sp³-hybridized carbons (Fsp3) is 0.432. The minimum absolute atomic E-state index is 0.0929. The van der Waals surface area contributed by atoms with Crippen molar-refractivity contribution in [3.63, 3.8) is 0 Å². The molecule has 3 aromatic carbocycles. The second-order valence-electron chi connectivity index (χ2n) is 11.8. The highest BCUT2D eigenvalue weighted by Gasteiger charge is 2.27. The Labute approximate surface area is 293 Å². The van der Waals surface area contributed by atoms with Crippen molar-refractivity contribution in [1.82, 2.24) is 25.7 Å². The van der Waals surface area contributed by atoms with Crippen LogP contribution in [-0.2, 0) is 37.1 Å². The molecule has 13 nitrogen and oxygen atoms in total.